The van der Waals surface area contributed by atoms with Gasteiger partial charge in [-0.3, -0.25) is 24.1 Å². The second kappa shape index (κ2) is 17.8. The Bertz CT molecular complexity index is 2850. The maximum Gasteiger partial charge on any atom is 0.307 e. The molecule has 0 spiro atoms. The van der Waals surface area contributed by atoms with Gasteiger partial charge in [-0.1, -0.05) is 39.0 Å². The number of hydrogen-bond acceptors (Lipinski definition) is 16. The Morgan fingerprint density at radius 1 is 1.02 bits per heavy atom. The largest absolute Gasteiger partial charge is 0.507 e. The highest BCUT2D eigenvalue weighted by Gasteiger charge is 2.50. The number of fused-ring (bicyclic) bond motifs is 9. The predicted octanol–water partition coefficient (Wildman–Crippen LogP) is 4.81. The fourth-order valence-corrected chi connectivity index (χ4v) is 9.42. The third-order valence-electron chi connectivity index (χ3n) is 13.2. The molecule has 5 aliphatic rings. The first-order valence-electron chi connectivity index (χ1n) is 21.9. The topological polar surface area (TPSA) is 226 Å². The summed E-state index contributed by atoms with van der Waals surface area (Å²) in [6.07, 6.45) is 5.74. The molecule has 65 heavy (non-hydrogen) atoms. The van der Waals surface area contributed by atoms with Gasteiger partial charge in [0, 0.05) is 73.9 Å². The molecule has 0 radical (unpaired) electrons. The normalized spacial score (nSPS) is 30.4. The number of carbonyl (C=O) groups is 2. The van der Waals surface area contributed by atoms with E-state index >= 15 is 0 Å². The van der Waals surface area contributed by atoms with Gasteiger partial charge in [-0.05, 0) is 45.9 Å². The summed E-state index contributed by atoms with van der Waals surface area (Å²) >= 11 is 0. The summed E-state index contributed by atoms with van der Waals surface area (Å²) in [4.78, 5) is 62.0. The first-order valence-corrected chi connectivity index (χ1v) is 21.9. The van der Waals surface area contributed by atoms with Crippen LogP contribution in [0.2, 0.25) is 0 Å². The van der Waals surface area contributed by atoms with Gasteiger partial charge in [0.2, 0.25) is 10.9 Å². The quantitative estimate of drug-likeness (QED) is 0.116. The first kappa shape index (κ1) is 45.6. The zero-order chi connectivity index (χ0) is 46.6. The van der Waals surface area contributed by atoms with Gasteiger partial charge in [0.1, 0.15) is 47.3 Å². The summed E-state index contributed by atoms with van der Waals surface area (Å²) in [5, 5.41) is 37.6. The number of nitrogens with zero attached hydrogens (tertiary/aromatic N) is 2. The number of anilines is 1. The molecule has 0 saturated carbocycles. The summed E-state index contributed by atoms with van der Waals surface area (Å²) in [5.41, 5.74) is -2.16. The second-order valence-corrected chi connectivity index (χ2v) is 17.6. The molecule has 2 saturated heterocycles. The average Bonchev–Trinajstić information content (AvgIpc) is 3.96. The third kappa shape index (κ3) is 8.19. The van der Waals surface area contributed by atoms with Crippen LogP contribution in [0.15, 0.2) is 62.3 Å². The minimum absolute atomic E-state index is 0.0405. The minimum atomic E-state index is -1.98. The molecule has 346 valence electrons. The summed E-state index contributed by atoms with van der Waals surface area (Å²) in [6.45, 7) is 14.1. The molecular formula is C48H55N3O14. The van der Waals surface area contributed by atoms with Crippen molar-refractivity contribution in [1.29, 1.82) is 0 Å². The van der Waals surface area contributed by atoms with Gasteiger partial charge in [0.25, 0.3) is 5.91 Å². The van der Waals surface area contributed by atoms with E-state index in [-0.39, 0.29) is 72.4 Å². The lowest BCUT2D eigenvalue weighted by Crippen LogP contribution is -2.46. The van der Waals surface area contributed by atoms with Crippen LogP contribution in [0.1, 0.15) is 59.9 Å². The molecular weight excluding hydrogens is 843 g/mol. The number of likely N-dealkylation sites (tertiary alicyclic amines) is 1. The number of aliphatic hydroxyl groups excluding tert-OH is 2. The number of ether oxygens (including phenoxy) is 6. The number of phenols is 1. The Morgan fingerprint density at radius 2 is 1.75 bits per heavy atom. The highest BCUT2D eigenvalue weighted by atomic mass is 16.7. The van der Waals surface area contributed by atoms with E-state index in [4.69, 9.17) is 37.8 Å². The number of esters is 1. The van der Waals surface area contributed by atoms with Crippen molar-refractivity contribution < 1.29 is 57.7 Å². The van der Waals surface area contributed by atoms with Crippen LogP contribution >= 0.6 is 0 Å². The number of nitrogens with one attached hydrogen (secondary N) is 1. The number of aromatic hydroxyl groups is 1. The Labute approximate surface area is 373 Å². The molecule has 17 nitrogen and oxygen atoms in total. The van der Waals surface area contributed by atoms with Gasteiger partial charge in [-0.25, -0.2) is 4.98 Å². The molecule has 1 amide bonds. The van der Waals surface area contributed by atoms with E-state index in [0.717, 1.165) is 25.9 Å². The highest BCUT2D eigenvalue weighted by molar-refractivity contribution is 6.16. The smallest absolute Gasteiger partial charge is 0.307 e. The summed E-state index contributed by atoms with van der Waals surface area (Å²) in [5.74, 6) is -5.47. The fourth-order valence-electron chi connectivity index (χ4n) is 9.42. The summed E-state index contributed by atoms with van der Waals surface area (Å²) in [6, 6.07) is 2.77. The Balaban J connectivity index is 1.33. The minimum Gasteiger partial charge on any atom is -0.507 e. The van der Waals surface area contributed by atoms with Crippen LogP contribution in [-0.4, -0.2) is 107 Å². The van der Waals surface area contributed by atoms with Gasteiger partial charge in [0.15, 0.2) is 22.4 Å². The Morgan fingerprint density at radius 3 is 2.46 bits per heavy atom. The van der Waals surface area contributed by atoms with Gasteiger partial charge in [-0.2, -0.15) is 0 Å². The van der Waals surface area contributed by atoms with E-state index in [1.165, 1.54) is 52.4 Å². The van der Waals surface area contributed by atoms with Crippen molar-refractivity contribution in [2.24, 2.45) is 17.8 Å². The number of benzene rings is 3. The van der Waals surface area contributed by atoms with Crippen molar-refractivity contribution in [1.82, 2.24) is 9.88 Å². The standard InChI is InChI=1S/C48H55N3O14/c1-22-12-11-13-23(2)47(58)50-37-40(56)33-32(36-44(37)63-31-21-28(20-29(53)35(31)49-36)60-19-17-51-15-9-10-16-51)34-42(25(4)38(33)54)65-48(7,46(34)57)61-18-14-30(59-8)24(3)43(62-27(6)52)45-39(55)26(5)41(22)64-45/h11-14,18,20-22,24,26,30,39,41,43,45,54-55,57H,9-10,15-17,19H2,1-8H3,(H,50,58)/b12-11+,18-14+,23-13-/t22-,24+,26-,30-,39+,41-,43+,45+,48-/m0/s1. The van der Waals surface area contributed by atoms with E-state index < -0.39 is 82.4 Å². The molecule has 6 heterocycles. The number of rotatable bonds is 6. The number of amides is 1. The summed E-state index contributed by atoms with van der Waals surface area (Å²) < 4.78 is 42.8. The second-order valence-electron chi connectivity index (χ2n) is 17.6. The predicted molar refractivity (Wildman–Crippen MR) is 240 cm³/mol. The fraction of sp³-hybridized carbons (Fsp3) is 0.479. The lowest BCUT2D eigenvalue weighted by atomic mass is 9.86. The van der Waals surface area contributed by atoms with Crippen LogP contribution in [0.4, 0.5) is 5.69 Å². The van der Waals surface area contributed by atoms with Gasteiger partial charge >= 0.3 is 11.8 Å². The van der Waals surface area contributed by atoms with E-state index in [0.29, 0.717) is 13.2 Å². The van der Waals surface area contributed by atoms with Crippen molar-refractivity contribution in [2.45, 2.75) is 97.6 Å². The Hall–Kier alpha value is -6.01. The van der Waals surface area contributed by atoms with Crippen molar-refractivity contribution in [3.8, 4) is 17.2 Å². The molecule has 4 aromatic rings. The van der Waals surface area contributed by atoms with Crippen LogP contribution < -0.4 is 30.9 Å². The number of aromatic nitrogens is 1. The van der Waals surface area contributed by atoms with Crippen LogP contribution in [-0.2, 0) is 28.5 Å². The van der Waals surface area contributed by atoms with Crippen molar-refractivity contribution in [3.63, 3.8) is 0 Å². The van der Waals surface area contributed by atoms with Crippen LogP contribution in [0.3, 0.4) is 0 Å². The first-order chi connectivity index (χ1) is 30.9. The molecule has 4 N–H and O–H groups in total. The van der Waals surface area contributed by atoms with Crippen LogP contribution in [0, 0.1) is 24.7 Å². The molecule has 0 unspecified atom stereocenters. The van der Waals surface area contributed by atoms with E-state index in [9.17, 15) is 34.5 Å². The molecule has 7 bridgehead atoms. The van der Waals surface area contributed by atoms with Crippen LogP contribution in [0.25, 0.3) is 38.7 Å². The molecule has 2 fully saturated rings. The number of hydrogen-bond donors (Lipinski definition) is 4. The summed E-state index contributed by atoms with van der Waals surface area (Å²) in [7, 11) is 1.45. The lowest BCUT2D eigenvalue weighted by molar-refractivity contribution is -0.168. The van der Waals surface area contributed by atoms with E-state index in [1.807, 2.05) is 19.9 Å². The molecule has 3 aromatic carbocycles. The number of phenolic OH excluding ortho intramolecular Hbond substituents is 1. The maximum absolute atomic E-state index is 14.8. The molecule has 1 aromatic heterocycles. The average molecular weight is 898 g/mol. The van der Waals surface area contributed by atoms with Gasteiger partial charge < -0.3 is 53.5 Å². The lowest BCUT2D eigenvalue weighted by Gasteiger charge is -2.33. The monoisotopic (exact) mass is 897 g/mol. The molecule has 9 rings (SSSR count). The number of allylic oxidation sites excluding steroid dienone is 2. The maximum atomic E-state index is 14.8. The number of aliphatic hydroxyl groups is 2. The van der Waals surface area contributed by atoms with Crippen molar-refractivity contribution in [2.75, 3.05) is 38.7 Å². The molecule has 17 heteroatoms. The number of carbonyl (C=O) groups excluding carboxylic acids is 2. The SMILES string of the molecule is CO[C@H]1/C=C/O[C@@]2(C)Oc3c(C)c(O)c4c(=O)c(c5oc6cc(OCCN7CCCC7)cc(=O)c6nc5c4c3=C2O)NC(=O)/C(C)=C\C=C\[C@H](C)[C@@H]2O[C@H]([C@H](O)[C@@H]2C)[C@H](OC(C)=O)[C@@H]1C. The Kier molecular flexibility index (Phi) is 12.4. The zero-order valence-corrected chi connectivity index (χ0v) is 37.6. The zero-order valence-electron chi connectivity index (χ0n) is 37.6. The molecule has 0 aliphatic carbocycles. The molecule has 5 aliphatic heterocycles. The van der Waals surface area contributed by atoms with Crippen LogP contribution in [0.5, 0.6) is 17.2 Å². The van der Waals surface area contributed by atoms with E-state index in [2.05, 4.69) is 10.2 Å². The van der Waals surface area contributed by atoms with Gasteiger partial charge in [0.05, 0.1) is 35.2 Å². The van der Waals surface area contributed by atoms with E-state index in [1.54, 1.807) is 26.0 Å². The van der Waals surface area contributed by atoms with Crippen molar-refractivity contribution in [3.05, 3.63) is 79.5 Å². The number of methoxy groups -OCH3 is 1. The van der Waals surface area contributed by atoms with Gasteiger partial charge in [-0.15, -0.1) is 0 Å². The van der Waals surface area contributed by atoms with Crippen molar-refractivity contribution >= 4 is 56.3 Å². The molecule has 9 atom stereocenters. The third-order valence-corrected chi connectivity index (χ3v) is 13.2. The highest BCUT2D eigenvalue weighted by Crippen LogP contribution is 2.43.